The van der Waals surface area contributed by atoms with Gasteiger partial charge in [0.1, 0.15) is 6.33 Å². The summed E-state index contributed by atoms with van der Waals surface area (Å²) in [5.74, 6) is -1.27. The molecule has 0 bridgehead atoms. The molecule has 2 aromatic rings. The van der Waals surface area contributed by atoms with Crippen LogP contribution in [0.2, 0.25) is 5.02 Å². The Morgan fingerprint density at radius 2 is 2.04 bits per heavy atom. The summed E-state index contributed by atoms with van der Waals surface area (Å²) in [4.78, 5) is 24.4. The molecule has 0 radical (unpaired) electrons. The number of aliphatic carboxylic acids is 1. The minimum Gasteiger partial charge on any atom is -0.481 e. The SMILES string of the molecule is O=C(NCC1(C(=O)O)CCCCC1)c1cc(Cl)ccc1-n1cnnn1. The highest BCUT2D eigenvalue weighted by molar-refractivity contribution is 6.31. The zero-order chi connectivity index (χ0) is 17.9. The molecular formula is C16H18ClN5O3. The van der Waals surface area contributed by atoms with Crippen molar-refractivity contribution in [3.63, 3.8) is 0 Å². The molecule has 1 aliphatic rings. The van der Waals surface area contributed by atoms with Crippen molar-refractivity contribution in [1.82, 2.24) is 25.5 Å². The Morgan fingerprint density at radius 1 is 1.28 bits per heavy atom. The first-order valence-corrected chi connectivity index (χ1v) is 8.44. The second-order valence-electron chi connectivity index (χ2n) is 6.24. The number of carbonyl (C=O) groups excluding carboxylic acids is 1. The van der Waals surface area contributed by atoms with Gasteiger partial charge in [0.2, 0.25) is 0 Å². The van der Waals surface area contributed by atoms with Gasteiger partial charge in [0.05, 0.1) is 16.7 Å². The maximum absolute atomic E-state index is 12.7. The number of hydrogen-bond acceptors (Lipinski definition) is 5. The molecule has 1 fully saturated rings. The minimum atomic E-state index is -0.901. The van der Waals surface area contributed by atoms with Crippen LogP contribution in [-0.4, -0.2) is 43.7 Å². The minimum absolute atomic E-state index is 0.0860. The highest BCUT2D eigenvalue weighted by atomic mass is 35.5. The molecule has 0 atom stereocenters. The molecule has 0 aliphatic heterocycles. The number of aromatic nitrogens is 4. The van der Waals surface area contributed by atoms with Crippen LogP contribution in [0.3, 0.4) is 0 Å². The van der Waals surface area contributed by atoms with Gasteiger partial charge >= 0.3 is 5.97 Å². The largest absolute Gasteiger partial charge is 0.481 e. The monoisotopic (exact) mass is 363 g/mol. The van der Waals surface area contributed by atoms with Crippen LogP contribution in [0.15, 0.2) is 24.5 Å². The highest BCUT2D eigenvalue weighted by Crippen LogP contribution is 2.36. The van der Waals surface area contributed by atoms with Crippen LogP contribution in [0.25, 0.3) is 5.69 Å². The van der Waals surface area contributed by atoms with Crippen LogP contribution >= 0.6 is 11.6 Å². The smallest absolute Gasteiger partial charge is 0.311 e. The number of carboxylic acids is 1. The summed E-state index contributed by atoms with van der Waals surface area (Å²) >= 11 is 6.01. The Hall–Kier alpha value is -2.48. The maximum atomic E-state index is 12.7. The molecule has 1 amide bonds. The van der Waals surface area contributed by atoms with Crippen LogP contribution in [0.5, 0.6) is 0 Å². The Bertz CT molecular complexity index is 772. The Morgan fingerprint density at radius 3 is 2.68 bits per heavy atom. The number of halogens is 1. The number of carboxylic acid groups (broad SMARTS) is 1. The van der Waals surface area contributed by atoms with Gasteiger partial charge in [0.25, 0.3) is 5.91 Å². The number of tetrazole rings is 1. The molecule has 1 saturated carbocycles. The van der Waals surface area contributed by atoms with E-state index in [-0.39, 0.29) is 12.1 Å². The topological polar surface area (TPSA) is 110 Å². The molecule has 0 unspecified atom stereocenters. The van der Waals surface area contributed by atoms with E-state index in [1.54, 1.807) is 12.1 Å². The molecule has 0 saturated heterocycles. The van der Waals surface area contributed by atoms with Crippen LogP contribution < -0.4 is 5.32 Å². The van der Waals surface area contributed by atoms with Gasteiger partial charge in [-0.25, -0.2) is 0 Å². The van der Waals surface area contributed by atoms with Crippen molar-refractivity contribution >= 4 is 23.5 Å². The lowest BCUT2D eigenvalue weighted by atomic mass is 9.74. The molecule has 132 valence electrons. The van der Waals surface area contributed by atoms with Gasteiger partial charge in [-0.15, -0.1) is 5.10 Å². The predicted octanol–water partition coefficient (Wildman–Crippen LogP) is 2.08. The van der Waals surface area contributed by atoms with Gasteiger partial charge in [-0.1, -0.05) is 30.9 Å². The number of nitrogens with one attached hydrogen (secondary N) is 1. The standard InChI is InChI=1S/C16H18ClN5O3/c17-11-4-5-13(22-10-19-20-21-22)12(8-11)14(23)18-9-16(15(24)25)6-2-1-3-7-16/h4-5,8,10H,1-3,6-7,9H2,(H,18,23)(H,24,25). The summed E-state index contributed by atoms with van der Waals surface area (Å²) in [6.07, 6.45) is 5.25. The normalized spacial score (nSPS) is 16.4. The first-order valence-electron chi connectivity index (χ1n) is 8.06. The molecular weight excluding hydrogens is 346 g/mol. The van der Waals surface area contributed by atoms with E-state index in [0.717, 1.165) is 19.3 Å². The van der Waals surface area contributed by atoms with Crippen LogP contribution in [-0.2, 0) is 4.79 Å². The fourth-order valence-corrected chi connectivity index (χ4v) is 3.37. The summed E-state index contributed by atoms with van der Waals surface area (Å²) in [6.45, 7) is 0.0860. The molecule has 1 aromatic carbocycles. The third kappa shape index (κ3) is 3.63. The number of rotatable bonds is 5. The van der Waals surface area contributed by atoms with Crippen LogP contribution in [0.1, 0.15) is 42.5 Å². The number of nitrogens with zero attached hydrogens (tertiary/aromatic N) is 4. The maximum Gasteiger partial charge on any atom is 0.311 e. The van der Waals surface area contributed by atoms with Gasteiger partial charge in [-0.05, 0) is 41.5 Å². The Labute approximate surface area is 149 Å². The van der Waals surface area contributed by atoms with E-state index in [4.69, 9.17) is 11.6 Å². The third-order valence-electron chi connectivity index (χ3n) is 4.65. The average Bonchev–Trinajstić information content (AvgIpc) is 3.14. The van der Waals surface area contributed by atoms with Crippen molar-refractivity contribution in [3.8, 4) is 5.69 Å². The van der Waals surface area contributed by atoms with Gasteiger partial charge in [-0.2, -0.15) is 4.68 Å². The van der Waals surface area contributed by atoms with Crippen molar-refractivity contribution in [3.05, 3.63) is 35.1 Å². The van der Waals surface area contributed by atoms with Crippen molar-refractivity contribution < 1.29 is 14.7 Å². The lowest BCUT2D eigenvalue weighted by Crippen LogP contribution is -2.44. The van der Waals surface area contributed by atoms with E-state index >= 15 is 0 Å². The predicted molar refractivity (Wildman–Crippen MR) is 89.7 cm³/mol. The van der Waals surface area contributed by atoms with E-state index in [2.05, 4.69) is 20.8 Å². The zero-order valence-electron chi connectivity index (χ0n) is 13.5. The second-order valence-corrected chi connectivity index (χ2v) is 6.68. The zero-order valence-corrected chi connectivity index (χ0v) is 14.2. The summed E-state index contributed by atoms with van der Waals surface area (Å²) < 4.78 is 1.36. The summed E-state index contributed by atoms with van der Waals surface area (Å²) in [6, 6.07) is 4.79. The lowest BCUT2D eigenvalue weighted by molar-refractivity contribution is -0.150. The Balaban J connectivity index is 1.82. The van der Waals surface area contributed by atoms with E-state index in [9.17, 15) is 14.7 Å². The molecule has 0 spiro atoms. The van der Waals surface area contributed by atoms with Crippen molar-refractivity contribution in [2.75, 3.05) is 6.54 Å². The van der Waals surface area contributed by atoms with Gasteiger partial charge in [0, 0.05) is 11.6 Å². The molecule has 1 heterocycles. The summed E-state index contributed by atoms with van der Waals surface area (Å²) in [7, 11) is 0. The fraction of sp³-hybridized carbons (Fsp3) is 0.438. The molecule has 2 N–H and O–H groups in total. The van der Waals surface area contributed by atoms with Gasteiger partial charge in [0.15, 0.2) is 0 Å². The van der Waals surface area contributed by atoms with Crippen LogP contribution in [0, 0.1) is 5.41 Å². The molecule has 1 aliphatic carbocycles. The van der Waals surface area contributed by atoms with Gasteiger partial charge in [-0.3, -0.25) is 9.59 Å². The fourth-order valence-electron chi connectivity index (χ4n) is 3.20. The van der Waals surface area contributed by atoms with Crippen molar-refractivity contribution in [2.24, 2.45) is 5.41 Å². The first-order chi connectivity index (χ1) is 12.0. The number of hydrogen-bond donors (Lipinski definition) is 2. The molecule has 25 heavy (non-hydrogen) atoms. The molecule has 9 heteroatoms. The van der Waals surface area contributed by atoms with Crippen molar-refractivity contribution in [2.45, 2.75) is 32.1 Å². The number of amides is 1. The average molecular weight is 364 g/mol. The summed E-state index contributed by atoms with van der Waals surface area (Å²) in [5, 5.41) is 23.7. The lowest BCUT2D eigenvalue weighted by Gasteiger charge is -2.33. The van der Waals surface area contributed by atoms with Crippen molar-refractivity contribution in [1.29, 1.82) is 0 Å². The number of benzene rings is 1. The van der Waals surface area contributed by atoms with E-state index in [1.165, 1.54) is 17.1 Å². The molecule has 3 rings (SSSR count). The summed E-state index contributed by atoms with van der Waals surface area (Å²) in [5.41, 5.74) is -0.141. The highest BCUT2D eigenvalue weighted by Gasteiger charge is 2.40. The molecule has 1 aromatic heterocycles. The quantitative estimate of drug-likeness (QED) is 0.841. The molecule has 8 nitrogen and oxygen atoms in total. The van der Waals surface area contributed by atoms with E-state index in [0.29, 0.717) is 23.6 Å². The first kappa shape index (κ1) is 17.3. The van der Waals surface area contributed by atoms with E-state index in [1.807, 2.05) is 0 Å². The number of carbonyl (C=O) groups is 2. The van der Waals surface area contributed by atoms with Gasteiger partial charge < -0.3 is 10.4 Å². The van der Waals surface area contributed by atoms with E-state index < -0.39 is 17.3 Å². The third-order valence-corrected chi connectivity index (χ3v) is 4.89. The Kier molecular flexibility index (Phi) is 4.98. The second kappa shape index (κ2) is 7.18. The van der Waals surface area contributed by atoms with Crippen LogP contribution in [0.4, 0.5) is 0 Å².